The fourth-order valence-corrected chi connectivity index (χ4v) is 5.32. The van der Waals surface area contributed by atoms with Crippen molar-refractivity contribution < 1.29 is 8.96 Å². The third-order valence-electron chi connectivity index (χ3n) is 7.22. The van der Waals surface area contributed by atoms with Gasteiger partial charge < -0.3 is 9.25 Å². The quantitative estimate of drug-likeness (QED) is 0.121. The van der Waals surface area contributed by atoms with Crippen molar-refractivity contribution in [2.75, 3.05) is 0 Å². The first-order valence-electron chi connectivity index (χ1n) is 10.8. The molecule has 0 radical (unpaired) electrons. The van der Waals surface area contributed by atoms with Gasteiger partial charge in [-0.1, -0.05) is 12.1 Å². The summed E-state index contributed by atoms with van der Waals surface area (Å²) in [7, 11) is 2.07. The second-order valence-corrected chi connectivity index (χ2v) is 9.47. The Kier molecular flexibility index (Phi) is 3.54. The van der Waals surface area contributed by atoms with E-state index in [0.29, 0.717) is 5.52 Å². The Bertz CT molecular complexity index is 1800. The van der Waals surface area contributed by atoms with Crippen molar-refractivity contribution in [3.8, 4) is 0 Å². The smallest absolute Gasteiger partial charge is 0.252 e. The van der Waals surface area contributed by atoms with Gasteiger partial charge in [0.1, 0.15) is 12.9 Å². The number of rotatable bonds is 1. The highest BCUT2D eigenvalue weighted by Crippen LogP contribution is 2.43. The lowest BCUT2D eigenvalue weighted by molar-refractivity contribution is -0.643. The van der Waals surface area contributed by atoms with Crippen LogP contribution in [-0.4, -0.2) is 4.40 Å². The number of nitrogens with zero attached hydrogens (tertiary/aromatic N) is 3. The van der Waals surface area contributed by atoms with Gasteiger partial charge in [0.2, 0.25) is 5.52 Å². The highest BCUT2D eigenvalue weighted by molar-refractivity contribution is 6.26. The maximum atomic E-state index is 15.4. The van der Waals surface area contributed by atoms with Crippen molar-refractivity contribution in [3.05, 3.63) is 82.6 Å². The van der Waals surface area contributed by atoms with Gasteiger partial charge >= 0.3 is 0 Å². The van der Waals surface area contributed by atoms with Crippen LogP contribution in [0.1, 0.15) is 30.5 Å². The zero-order chi connectivity index (χ0) is 22.5. The molecular formula is C28H23FN3+. The Hall–Kier alpha value is -3.71. The second kappa shape index (κ2) is 5.95. The van der Waals surface area contributed by atoms with Gasteiger partial charge in [-0.3, -0.25) is 0 Å². The number of aromatic nitrogens is 2. The molecule has 6 rings (SSSR count). The monoisotopic (exact) mass is 420 g/mol. The zero-order valence-corrected chi connectivity index (χ0v) is 18.8. The average molecular weight is 421 g/mol. The molecule has 32 heavy (non-hydrogen) atoms. The standard InChI is InChI=1S/C28H23FN3/c1-15-12-20-19-8-7-9-21(29)25(19)32-22-14-18(28(3,4)30-5)13-17-10-11-31(6)27(24(17)22)23(16(15)2)26(20)32/h7-14H,1-4,6H3/q+1. The largest absolute Gasteiger partial charge is 0.306 e. The van der Waals surface area contributed by atoms with Gasteiger partial charge in [0.25, 0.3) is 5.54 Å². The molecule has 0 unspecified atom stereocenters. The van der Waals surface area contributed by atoms with E-state index in [4.69, 9.17) is 6.57 Å². The van der Waals surface area contributed by atoms with Crippen LogP contribution in [0.4, 0.5) is 4.39 Å². The van der Waals surface area contributed by atoms with Crippen molar-refractivity contribution in [3.63, 3.8) is 0 Å². The van der Waals surface area contributed by atoms with Crippen LogP contribution in [-0.2, 0) is 12.6 Å². The second-order valence-electron chi connectivity index (χ2n) is 9.47. The molecule has 0 saturated carbocycles. The van der Waals surface area contributed by atoms with E-state index in [0.717, 1.165) is 49.0 Å². The Labute approximate surface area is 185 Å². The molecule has 3 aromatic heterocycles. The van der Waals surface area contributed by atoms with Crippen molar-refractivity contribution in [1.29, 1.82) is 0 Å². The Morgan fingerprint density at radius 1 is 1.00 bits per heavy atom. The summed E-state index contributed by atoms with van der Waals surface area (Å²) in [5, 5.41) is 5.31. The summed E-state index contributed by atoms with van der Waals surface area (Å²) in [6.45, 7) is 15.9. The lowest BCUT2D eigenvalue weighted by Crippen LogP contribution is -2.29. The van der Waals surface area contributed by atoms with E-state index < -0.39 is 5.54 Å². The van der Waals surface area contributed by atoms with Crippen LogP contribution < -0.4 is 4.57 Å². The fourth-order valence-electron chi connectivity index (χ4n) is 5.32. The fraction of sp³-hybridized carbons (Fsp3) is 0.214. The molecule has 0 atom stereocenters. The molecule has 0 spiro atoms. The number of hydrogen-bond acceptors (Lipinski definition) is 0. The molecule has 6 aromatic rings. The third-order valence-corrected chi connectivity index (χ3v) is 7.22. The minimum Gasteiger partial charge on any atom is -0.306 e. The average Bonchev–Trinajstić information content (AvgIpc) is 3.10. The number of pyridine rings is 2. The van der Waals surface area contributed by atoms with Crippen LogP contribution in [0.2, 0.25) is 0 Å². The van der Waals surface area contributed by atoms with Crippen molar-refractivity contribution in [2.24, 2.45) is 7.05 Å². The number of benzene rings is 3. The Morgan fingerprint density at radius 3 is 2.53 bits per heavy atom. The summed E-state index contributed by atoms with van der Waals surface area (Å²) in [5.41, 5.74) is 6.41. The van der Waals surface area contributed by atoms with Crippen LogP contribution in [0, 0.1) is 26.2 Å². The molecule has 4 heteroatoms. The molecule has 156 valence electrons. The van der Waals surface area contributed by atoms with Gasteiger partial charge in [0.15, 0.2) is 6.20 Å². The predicted molar refractivity (Wildman–Crippen MR) is 129 cm³/mol. The molecular weight excluding hydrogens is 397 g/mol. The first-order chi connectivity index (χ1) is 15.2. The van der Waals surface area contributed by atoms with Crippen molar-refractivity contribution in [2.45, 2.75) is 33.2 Å². The predicted octanol–water partition coefficient (Wildman–Crippen LogP) is 6.72. The van der Waals surface area contributed by atoms with E-state index in [2.05, 4.69) is 65.2 Å². The van der Waals surface area contributed by atoms with Crippen molar-refractivity contribution >= 4 is 49.0 Å². The summed E-state index contributed by atoms with van der Waals surface area (Å²) < 4.78 is 19.7. The van der Waals surface area contributed by atoms with E-state index >= 15 is 4.39 Å². The lowest BCUT2D eigenvalue weighted by Gasteiger charge is -2.17. The minimum absolute atomic E-state index is 0.230. The van der Waals surface area contributed by atoms with E-state index in [1.165, 1.54) is 17.2 Å². The highest BCUT2D eigenvalue weighted by atomic mass is 19.1. The number of para-hydroxylation sites is 1. The summed E-state index contributed by atoms with van der Waals surface area (Å²) in [6, 6.07) is 13.8. The molecule has 0 N–H and O–H groups in total. The molecule has 3 nitrogen and oxygen atoms in total. The van der Waals surface area contributed by atoms with Crippen LogP contribution in [0.5, 0.6) is 0 Å². The third kappa shape index (κ3) is 2.16. The molecule has 0 bridgehead atoms. The van der Waals surface area contributed by atoms with Gasteiger partial charge in [-0.15, -0.1) is 0 Å². The van der Waals surface area contributed by atoms with Gasteiger partial charge in [0.05, 0.1) is 27.3 Å². The van der Waals surface area contributed by atoms with E-state index in [1.54, 1.807) is 6.07 Å². The van der Waals surface area contributed by atoms with Gasteiger partial charge in [0, 0.05) is 36.2 Å². The maximum absolute atomic E-state index is 15.4. The van der Waals surface area contributed by atoms with Crippen LogP contribution >= 0.6 is 0 Å². The van der Waals surface area contributed by atoms with Crippen LogP contribution in [0.15, 0.2) is 48.7 Å². The number of aryl methyl sites for hydroxylation is 3. The highest BCUT2D eigenvalue weighted by Gasteiger charge is 2.30. The first kappa shape index (κ1) is 19.0. The molecule has 0 saturated heterocycles. The summed E-state index contributed by atoms with van der Waals surface area (Å²) in [5.74, 6) is -0.230. The maximum Gasteiger partial charge on any atom is 0.252 e. The lowest BCUT2D eigenvalue weighted by atomic mass is 9.90. The number of hydrogen-bond donors (Lipinski definition) is 0. The summed E-state index contributed by atoms with van der Waals surface area (Å²) in [6.07, 6.45) is 2.09. The zero-order valence-electron chi connectivity index (χ0n) is 18.8. The molecule has 3 aromatic carbocycles. The molecule has 0 aliphatic carbocycles. The summed E-state index contributed by atoms with van der Waals surface area (Å²) >= 11 is 0. The molecule has 0 fully saturated rings. The van der Waals surface area contributed by atoms with Gasteiger partial charge in [-0.2, -0.15) is 0 Å². The normalized spacial score (nSPS) is 12.7. The molecule has 0 amide bonds. The van der Waals surface area contributed by atoms with Crippen molar-refractivity contribution in [1.82, 2.24) is 4.40 Å². The summed E-state index contributed by atoms with van der Waals surface area (Å²) in [4.78, 5) is 3.88. The Morgan fingerprint density at radius 2 is 1.78 bits per heavy atom. The minimum atomic E-state index is -0.674. The topological polar surface area (TPSA) is 12.7 Å². The Balaban J connectivity index is 2.08. The van der Waals surface area contributed by atoms with Crippen LogP contribution in [0.25, 0.3) is 53.8 Å². The first-order valence-corrected chi connectivity index (χ1v) is 10.8. The van der Waals surface area contributed by atoms with Crippen LogP contribution in [0.3, 0.4) is 0 Å². The molecule has 0 aliphatic heterocycles. The van der Waals surface area contributed by atoms with E-state index in [1.807, 2.05) is 19.9 Å². The molecule has 0 aliphatic rings. The SMILES string of the molecule is [C-]#[N+]C(C)(C)c1cc2cc[n+](C)c3c4c(C)c(C)cc5c6cccc(F)c6n(c(c1)c23)c54. The van der Waals surface area contributed by atoms with E-state index in [9.17, 15) is 0 Å². The van der Waals surface area contributed by atoms with Gasteiger partial charge in [-0.25, -0.2) is 15.5 Å². The molecule has 3 heterocycles. The number of fused-ring (bicyclic) bond motifs is 5. The van der Waals surface area contributed by atoms with Gasteiger partial charge in [-0.05, 0) is 54.6 Å². The van der Waals surface area contributed by atoms with E-state index in [-0.39, 0.29) is 5.82 Å². The number of halogens is 1.